The van der Waals surface area contributed by atoms with Crippen molar-refractivity contribution in [1.82, 2.24) is 14.6 Å². The summed E-state index contributed by atoms with van der Waals surface area (Å²) >= 11 is 3.25. The number of rotatable bonds is 4. The first-order chi connectivity index (χ1) is 12.1. The van der Waals surface area contributed by atoms with E-state index in [1.54, 1.807) is 23.1 Å². The van der Waals surface area contributed by atoms with Crippen molar-refractivity contribution in [2.45, 2.75) is 31.3 Å². The van der Waals surface area contributed by atoms with Crippen LogP contribution in [0.1, 0.15) is 23.8 Å². The SMILES string of the molecule is C[C@H]1CCc2c(sc3nc(SCCN4CCOCC4)n(N)c(=O)c23)C1. The molecule has 0 unspecified atom stereocenters. The first kappa shape index (κ1) is 17.3. The van der Waals surface area contributed by atoms with Gasteiger partial charge in [-0.05, 0) is 30.7 Å². The zero-order valence-electron chi connectivity index (χ0n) is 14.5. The number of fused-ring (bicyclic) bond motifs is 3. The standard InChI is InChI=1S/C17H24N4O2S2/c1-11-2-3-12-13(10-11)25-15-14(12)16(22)21(18)17(19-15)24-9-6-20-4-7-23-8-5-20/h11H,2-10,18H2,1H3/t11-/m0/s1. The van der Waals surface area contributed by atoms with Crippen molar-refractivity contribution in [1.29, 1.82) is 0 Å². The van der Waals surface area contributed by atoms with E-state index in [4.69, 9.17) is 15.6 Å². The van der Waals surface area contributed by atoms with Crippen LogP contribution in [-0.4, -0.2) is 53.2 Å². The van der Waals surface area contributed by atoms with Crippen molar-refractivity contribution in [3.8, 4) is 0 Å². The first-order valence-electron chi connectivity index (χ1n) is 8.88. The number of morpholine rings is 1. The molecule has 6 nitrogen and oxygen atoms in total. The summed E-state index contributed by atoms with van der Waals surface area (Å²) in [6.07, 6.45) is 3.16. The molecule has 0 saturated carbocycles. The molecule has 0 spiro atoms. The van der Waals surface area contributed by atoms with Crippen LogP contribution in [0.5, 0.6) is 0 Å². The molecular formula is C17H24N4O2S2. The lowest BCUT2D eigenvalue weighted by Crippen LogP contribution is -2.37. The molecule has 8 heteroatoms. The summed E-state index contributed by atoms with van der Waals surface area (Å²) in [5.74, 6) is 7.64. The van der Waals surface area contributed by atoms with Crippen molar-refractivity contribution in [2.75, 3.05) is 44.4 Å². The fourth-order valence-electron chi connectivity index (χ4n) is 3.58. The highest BCUT2D eigenvalue weighted by Gasteiger charge is 2.24. The summed E-state index contributed by atoms with van der Waals surface area (Å²) in [5, 5.41) is 1.38. The summed E-state index contributed by atoms with van der Waals surface area (Å²) < 4.78 is 6.62. The Hall–Kier alpha value is -1.09. The normalized spacial score (nSPS) is 21.6. The van der Waals surface area contributed by atoms with Gasteiger partial charge in [-0.15, -0.1) is 11.3 Å². The third-order valence-electron chi connectivity index (χ3n) is 5.07. The van der Waals surface area contributed by atoms with Gasteiger partial charge >= 0.3 is 0 Å². The molecule has 3 heterocycles. The van der Waals surface area contributed by atoms with Gasteiger partial charge in [-0.25, -0.2) is 9.66 Å². The van der Waals surface area contributed by atoms with E-state index in [0.29, 0.717) is 11.1 Å². The Bertz CT molecular complexity index is 826. The largest absolute Gasteiger partial charge is 0.379 e. The number of nitrogens with two attached hydrogens (primary N) is 1. The van der Waals surface area contributed by atoms with Crippen molar-refractivity contribution >= 4 is 33.3 Å². The summed E-state index contributed by atoms with van der Waals surface area (Å²) in [4.78, 5) is 22.1. The van der Waals surface area contributed by atoms with Crippen molar-refractivity contribution in [3.63, 3.8) is 0 Å². The Kier molecular flexibility index (Phi) is 5.04. The van der Waals surface area contributed by atoms with Gasteiger partial charge in [0.1, 0.15) is 4.83 Å². The maximum Gasteiger partial charge on any atom is 0.281 e. The van der Waals surface area contributed by atoms with E-state index in [1.807, 2.05) is 0 Å². The molecule has 0 amide bonds. The van der Waals surface area contributed by atoms with E-state index < -0.39 is 0 Å². The van der Waals surface area contributed by atoms with Gasteiger partial charge in [0.25, 0.3) is 5.56 Å². The van der Waals surface area contributed by atoms with Gasteiger partial charge in [0, 0.05) is 30.3 Å². The van der Waals surface area contributed by atoms with Crippen LogP contribution in [0.3, 0.4) is 0 Å². The van der Waals surface area contributed by atoms with Gasteiger partial charge in [0.05, 0.1) is 18.6 Å². The Balaban J connectivity index is 1.55. The molecule has 0 aromatic carbocycles. The maximum absolute atomic E-state index is 12.8. The number of nitrogen functional groups attached to an aromatic ring is 1. The van der Waals surface area contributed by atoms with Gasteiger partial charge < -0.3 is 10.6 Å². The zero-order chi connectivity index (χ0) is 17.4. The van der Waals surface area contributed by atoms with Crippen LogP contribution in [0.2, 0.25) is 0 Å². The van der Waals surface area contributed by atoms with Gasteiger partial charge in [0.15, 0.2) is 5.16 Å². The van der Waals surface area contributed by atoms with E-state index in [-0.39, 0.29) is 5.56 Å². The topological polar surface area (TPSA) is 73.4 Å². The number of hydrogen-bond donors (Lipinski definition) is 1. The molecule has 25 heavy (non-hydrogen) atoms. The number of hydrogen-bond acceptors (Lipinski definition) is 7. The summed E-state index contributed by atoms with van der Waals surface area (Å²) in [7, 11) is 0. The highest BCUT2D eigenvalue weighted by Crippen LogP contribution is 2.36. The Labute approximate surface area is 155 Å². The lowest BCUT2D eigenvalue weighted by molar-refractivity contribution is 0.0410. The van der Waals surface area contributed by atoms with Crippen LogP contribution >= 0.6 is 23.1 Å². The smallest absolute Gasteiger partial charge is 0.281 e. The maximum atomic E-state index is 12.8. The molecule has 1 aliphatic heterocycles. The monoisotopic (exact) mass is 380 g/mol. The lowest BCUT2D eigenvalue weighted by atomic mass is 9.89. The van der Waals surface area contributed by atoms with E-state index in [0.717, 1.165) is 68.1 Å². The minimum absolute atomic E-state index is 0.0917. The van der Waals surface area contributed by atoms with Gasteiger partial charge in [-0.3, -0.25) is 9.69 Å². The van der Waals surface area contributed by atoms with Crippen LogP contribution in [0.15, 0.2) is 9.95 Å². The van der Waals surface area contributed by atoms with Crippen molar-refractivity contribution < 1.29 is 4.74 Å². The zero-order valence-corrected chi connectivity index (χ0v) is 16.1. The molecule has 4 rings (SSSR count). The molecule has 2 N–H and O–H groups in total. The second-order valence-electron chi connectivity index (χ2n) is 6.90. The molecule has 1 atom stereocenters. The highest BCUT2D eigenvalue weighted by molar-refractivity contribution is 7.99. The van der Waals surface area contributed by atoms with Crippen LogP contribution in [0.25, 0.3) is 10.2 Å². The lowest BCUT2D eigenvalue weighted by Gasteiger charge is -2.26. The molecule has 0 radical (unpaired) electrons. The summed E-state index contributed by atoms with van der Waals surface area (Å²) in [5.41, 5.74) is 1.10. The molecule has 0 bridgehead atoms. The predicted octanol–water partition coefficient (Wildman–Crippen LogP) is 1.72. The summed E-state index contributed by atoms with van der Waals surface area (Å²) in [6.45, 7) is 6.77. The number of aryl methyl sites for hydroxylation is 1. The van der Waals surface area contributed by atoms with E-state index >= 15 is 0 Å². The Morgan fingerprint density at radius 3 is 3.00 bits per heavy atom. The summed E-state index contributed by atoms with van der Waals surface area (Å²) in [6, 6.07) is 0. The molecule has 2 aromatic heterocycles. The van der Waals surface area contributed by atoms with E-state index in [1.165, 1.54) is 15.1 Å². The first-order valence-corrected chi connectivity index (χ1v) is 10.7. The van der Waals surface area contributed by atoms with Crippen LogP contribution in [0.4, 0.5) is 0 Å². The quantitative estimate of drug-likeness (QED) is 0.495. The van der Waals surface area contributed by atoms with Crippen LogP contribution in [-0.2, 0) is 17.6 Å². The number of nitrogens with zero attached hydrogens (tertiary/aromatic N) is 3. The fraction of sp³-hybridized carbons (Fsp3) is 0.647. The van der Waals surface area contributed by atoms with Crippen molar-refractivity contribution in [2.24, 2.45) is 5.92 Å². The number of aromatic nitrogens is 2. The number of thiophene rings is 1. The molecule has 1 saturated heterocycles. The second-order valence-corrected chi connectivity index (χ2v) is 9.05. The van der Waals surface area contributed by atoms with E-state index in [2.05, 4.69) is 11.8 Å². The Morgan fingerprint density at radius 1 is 1.40 bits per heavy atom. The van der Waals surface area contributed by atoms with Crippen LogP contribution in [0, 0.1) is 5.92 Å². The third-order valence-corrected chi connectivity index (χ3v) is 7.15. The molecule has 2 aliphatic rings. The highest BCUT2D eigenvalue weighted by atomic mass is 32.2. The van der Waals surface area contributed by atoms with E-state index in [9.17, 15) is 4.79 Å². The molecule has 2 aromatic rings. The number of ether oxygens (including phenoxy) is 1. The van der Waals surface area contributed by atoms with Gasteiger partial charge in [0.2, 0.25) is 0 Å². The predicted molar refractivity (Wildman–Crippen MR) is 103 cm³/mol. The van der Waals surface area contributed by atoms with Crippen molar-refractivity contribution in [3.05, 3.63) is 20.8 Å². The molecular weight excluding hydrogens is 356 g/mol. The second kappa shape index (κ2) is 7.26. The molecule has 136 valence electrons. The van der Waals surface area contributed by atoms with Crippen LogP contribution < -0.4 is 11.4 Å². The van der Waals surface area contributed by atoms with Gasteiger partial charge in [-0.2, -0.15) is 0 Å². The Morgan fingerprint density at radius 2 is 2.20 bits per heavy atom. The van der Waals surface area contributed by atoms with Gasteiger partial charge in [-0.1, -0.05) is 18.7 Å². The minimum atomic E-state index is -0.0917. The fourth-order valence-corrected chi connectivity index (χ4v) is 5.92. The number of thioether (sulfide) groups is 1. The average Bonchev–Trinajstić information content (AvgIpc) is 2.97. The third kappa shape index (κ3) is 3.45. The average molecular weight is 381 g/mol. The molecule has 1 fully saturated rings. The molecule has 1 aliphatic carbocycles. The minimum Gasteiger partial charge on any atom is -0.379 e.